The minimum absolute atomic E-state index is 0.167. The summed E-state index contributed by atoms with van der Waals surface area (Å²) < 4.78 is 0. The van der Waals surface area contributed by atoms with Gasteiger partial charge in [-0.2, -0.15) is 10.2 Å². The molecule has 10 heteroatoms. The molecule has 162 valence electrons. The van der Waals surface area contributed by atoms with E-state index in [1.807, 2.05) is 12.1 Å². The predicted molar refractivity (Wildman–Crippen MR) is 113 cm³/mol. The molecule has 0 aliphatic heterocycles. The zero-order chi connectivity index (χ0) is 21.9. The topological polar surface area (TPSA) is 170 Å². The maximum Gasteiger partial charge on any atom is 0.128 e. The van der Waals surface area contributed by atoms with Gasteiger partial charge in [-0.3, -0.25) is 10.9 Å². The summed E-state index contributed by atoms with van der Waals surface area (Å²) in [6, 6.07) is 17.7. The lowest BCUT2D eigenvalue weighted by molar-refractivity contribution is -0.130. The van der Waals surface area contributed by atoms with Gasteiger partial charge in [0.2, 0.25) is 0 Å². The zero-order valence-electron chi connectivity index (χ0n) is 16.0. The third kappa shape index (κ3) is 6.88. The molecule has 2 rings (SSSR count). The highest BCUT2D eigenvalue weighted by molar-refractivity contribution is 6.33. The van der Waals surface area contributed by atoms with E-state index in [0.717, 1.165) is 6.21 Å². The molecular weight excluding hydrogens is 392 g/mol. The molecule has 0 heterocycles. The Morgan fingerprint density at radius 2 is 1.30 bits per heavy atom. The highest BCUT2D eigenvalue weighted by atomic mass is 16.4. The monoisotopic (exact) mass is 418 g/mol. The van der Waals surface area contributed by atoms with Crippen LogP contribution in [0.1, 0.15) is 0 Å². The molecule has 0 aromatic heterocycles. The van der Waals surface area contributed by atoms with Crippen LogP contribution in [0.25, 0.3) is 0 Å². The van der Waals surface area contributed by atoms with Crippen LogP contribution in [0.15, 0.2) is 70.9 Å². The second kappa shape index (κ2) is 12.0. The number of benzene rings is 2. The van der Waals surface area contributed by atoms with Crippen molar-refractivity contribution in [3.8, 4) is 0 Å². The molecule has 5 atom stereocenters. The lowest BCUT2D eigenvalue weighted by Gasteiger charge is -2.28. The van der Waals surface area contributed by atoms with Crippen LogP contribution in [0.2, 0.25) is 0 Å². The predicted octanol–water partition coefficient (Wildman–Crippen LogP) is -0.651. The van der Waals surface area contributed by atoms with E-state index in [1.54, 1.807) is 48.5 Å². The van der Waals surface area contributed by atoms with Gasteiger partial charge in [-0.25, -0.2) is 0 Å². The summed E-state index contributed by atoms with van der Waals surface area (Å²) >= 11 is 0. The van der Waals surface area contributed by atoms with Crippen LogP contribution in [0.4, 0.5) is 11.4 Å². The zero-order valence-corrected chi connectivity index (χ0v) is 16.0. The van der Waals surface area contributed by atoms with E-state index in [4.69, 9.17) is 5.11 Å². The van der Waals surface area contributed by atoms with Crippen molar-refractivity contribution in [3.63, 3.8) is 0 Å². The van der Waals surface area contributed by atoms with Crippen molar-refractivity contribution in [3.05, 3.63) is 60.7 Å². The fraction of sp³-hybridized carbons (Fsp3) is 0.300. The summed E-state index contributed by atoms with van der Waals surface area (Å²) in [6.07, 6.45) is -8.11. The Morgan fingerprint density at radius 3 is 1.83 bits per heavy atom. The van der Waals surface area contributed by atoms with E-state index in [2.05, 4.69) is 21.1 Å². The van der Waals surface area contributed by atoms with Crippen LogP contribution in [0.5, 0.6) is 0 Å². The molecule has 2 aromatic carbocycles. The molecule has 0 saturated heterocycles. The number of para-hydroxylation sites is 2. The minimum Gasteiger partial charge on any atom is -0.394 e. The Hall–Kier alpha value is -2.86. The Bertz CT molecular complexity index is 805. The Labute approximate surface area is 173 Å². The highest BCUT2D eigenvalue weighted by Gasteiger charge is 2.35. The summed E-state index contributed by atoms with van der Waals surface area (Å²) in [5, 5.41) is 66.9. The molecule has 0 unspecified atom stereocenters. The van der Waals surface area contributed by atoms with Crippen LogP contribution in [-0.4, -0.2) is 79.7 Å². The lowest BCUT2D eigenvalue weighted by atomic mass is 9.97. The Balaban J connectivity index is 2.18. The number of rotatable bonds is 11. The Kier molecular flexibility index (Phi) is 9.35. The second-order valence-corrected chi connectivity index (χ2v) is 6.42. The first-order valence-electron chi connectivity index (χ1n) is 9.18. The van der Waals surface area contributed by atoms with Crippen molar-refractivity contribution in [2.45, 2.75) is 30.5 Å². The molecule has 0 spiro atoms. The van der Waals surface area contributed by atoms with Crippen LogP contribution in [-0.2, 0) is 0 Å². The van der Waals surface area contributed by atoms with Crippen molar-refractivity contribution in [1.82, 2.24) is 0 Å². The van der Waals surface area contributed by atoms with Crippen LogP contribution in [0, 0.1) is 0 Å². The number of anilines is 2. The summed E-state index contributed by atoms with van der Waals surface area (Å²) in [6.45, 7) is -0.833. The molecule has 0 fully saturated rings. The summed E-state index contributed by atoms with van der Waals surface area (Å²) in [5.41, 5.74) is 6.52. The first-order valence-corrected chi connectivity index (χ1v) is 9.18. The van der Waals surface area contributed by atoms with Crippen molar-refractivity contribution < 1.29 is 30.6 Å². The largest absolute Gasteiger partial charge is 0.394 e. The molecule has 0 radical (unpaired) electrons. The molecule has 0 saturated carbocycles. The van der Waals surface area contributed by atoms with Gasteiger partial charge in [-0.1, -0.05) is 36.4 Å². The fourth-order valence-electron chi connectivity index (χ4n) is 2.40. The van der Waals surface area contributed by atoms with Gasteiger partial charge in [-0.05, 0) is 24.3 Å². The number of aliphatic hydroxyl groups is 6. The molecular formula is C20H26N4O6. The summed E-state index contributed by atoms with van der Waals surface area (Å²) in [5.74, 6) is 0. The number of hydrazone groups is 2. The lowest BCUT2D eigenvalue weighted by Crippen LogP contribution is -2.52. The molecule has 0 bridgehead atoms. The smallest absolute Gasteiger partial charge is 0.128 e. The number of hydrogen-bond acceptors (Lipinski definition) is 10. The van der Waals surface area contributed by atoms with Crippen LogP contribution < -0.4 is 10.9 Å². The highest BCUT2D eigenvalue weighted by Crippen LogP contribution is 2.11. The van der Waals surface area contributed by atoms with Gasteiger partial charge < -0.3 is 30.6 Å². The van der Waals surface area contributed by atoms with E-state index in [0.29, 0.717) is 11.4 Å². The van der Waals surface area contributed by atoms with Crippen molar-refractivity contribution in [2.24, 2.45) is 10.2 Å². The van der Waals surface area contributed by atoms with E-state index in [9.17, 15) is 25.5 Å². The van der Waals surface area contributed by atoms with E-state index in [-0.39, 0.29) is 5.71 Å². The molecule has 0 amide bonds. The van der Waals surface area contributed by atoms with Gasteiger partial charge >= 0.3 is 0 Å². The van der Waals surface area contributed by atoms with Gasteiger partial charge in [0.25, 0.3) is 0 Å². The van der Waals surface area contributed by atoms with E-state index < -0.39 is 37.1 Å². The van der Waals surface area contributed by atoms with Crippen LogP contribution >= 0.6 is 0 Å². The molecule has 30 heavy (non-hydrogen) atoms. The van der Waals surface area contributed by atoms with E-state index in [1.165, 1.54) is 0 Å². The first-order chi connectivity index (χ1) is 14.4. The Morgan fingerprint density at radius 1 is 0.767 bits per heavy atom. The standard InChI is InChI=1S/C20H26N4O6/c25-12-16(26)18(28)20(30)19(29)17(27)15(24-23-14-9-5-2-6-10-14)11-21-22-13-7-3-1-4-8-13/h1-11,16-20,22-23,25-30H,12H2/b21-11-,24-15+/t16-,17+,18-,19-,20-/m0/s1. The molecule has 0 aliphatic carbocycles. The third-order valence-corrected chi connectivity index (χ3v) is 4.16. The molecule has 2 aromatic rings. The van der Waals surface area contributed by atoms with Gasteiger partial charge in [-0.15, -0.1) is 0 Å². The maximum atomic E-state index is 10.5. The first kappa shape index (κ1) is 23.4. The van der Waals surface area contributed by atoms with Crippen molar-refractivity contribution in [1.29, 1.82) is 0 Å². The average Bonchev–Trinajstić information content (AvgIpc) is 2.80. The number of aliphatic hydroxyl groups excluding tert-OH is 6. The van der Waals surface area contributed by atoms with E-state index >= 15 is 0 Å². The van der Waals surface area contributed by atoms with Gasteiger partial charge in [0.15, 0.2) is 0 Å². The quantitative estimate of drug-likeness (QED) is 0.176. The van der Waals surface area contributed by atoms with Crippen LogP contribution in [0.3, 0.4) is 0 Å². The molecule has 0 aliphatic rings. The number of nitrogens with zero attached hydrogens (tertiary/aromatic N) is 2. The normalized spacial score (nSPS) is 17.2. The average molecular weight is 418 g/mol. The number of hydrogen-bond donors (Lipinski definition) is 8. The summed E-state index contributed by atoms with van der Waals surface area (Å²) in [7, 11) is 0. The number of nitrogens with one attached hydrogen (secondary N) is 2. The van der Waals surface area contributed by atoms with Gasteiger partial charge in [0.1, 0.15) is 36.2 Å². The SMILES string of the molecule is OC[C@H](O)[C@H](O)[C@H](O)[C@@H](O)[C@H](O)C(/C=N\Nc1ccccc1)=N/Nc1ccccc1. The second-order valence-electron chi connectivity index (χ2n) is 6.42. The summed E-state index contributed by atoms with van der Waals surface area (Å²) in [4.78, 5) is 0. The van der Waals surface area contributed by atoms with Crippen molar-refractivity contribution in [2.75, 3.05) is 17.5 Å². The third-order valence-electron chi connectivity index (χ3n) is 4.16. The molecule has 10 nitrogen and oxygen atoms in total. The van der Waals surface area contributed by atoms with Gasteiger partial charge in [0, 0.05) is 0 Å². The minimum atomic E-state index is -1.96. The molecule has 8 N–H and O–H groups in total. The maximum absolute atomic E-state index is 10.5. The van der Waals surface area contributed by atoms with Crippen molar-refractivity contribution >= 4 is 23.3 Å². The fourth-order valence-corrected chi connectivity index (χ4v) is 2.40. The van der Waals surface area contributed by atoms with Gasteiger partial charge in [0.05, 0.1) is 24.2 Å².